The predicted molar refractivity (Wildman–Crippen MR) is 93.4 cm³/mol. The minimum Gasteiger partial charge on any atom is -0.454 e. The Morgan fingerprint density at radius 2 is 1.82 bits per heavy atom. The van der Waals surface area contributed by atoms with E-state index in [9.17, 15) is 9.59 Å². The fourth-order valence-corrected chi connectivity index (χ4v) is 2.81. The molecule has 22 heavy (non-hydrogen) atoms. The summed E-state index contributed by atoms with van der Waals surface area (Å²) in [5.74, 6) is -0.652. The molecule has 0 atom stereocenters. The Bertz CT molecular complexity index is 701. The molecule has 5 heteroatoms. The van der Waals surface area contributed by atoms with E-state index in [1.165, 1.54) is 0 Å². The van der Waals surface area contributed by atoms with Gasteiger partial charge in [-0.3, -0.25) is 4.79 Å². The molecule has 4 nitrogen and oxygen atoms in total. The van der Waals surface area contributed by atoms with Gasteiger partial charge in [0.25, 0.3) is 0 Å². The number of halogens is 1. The minimum atomic E-state index is -0.478. The van der Waals surface area contributed by atoms with Gasteiger partial charge in [-0.2, -0.15) is 0 Å². The molecular weight excluding hydrogens is 393 g/mol. The number of benzene rings is 1. The molecule has 0 spiro atoms. The van der Waals surface area contributed by atoms with E-state index < -0.39 is 5.97 Å². The van der Waals surface area contributed by atoms with Gasteiger partial charge in [0.15, 0.2) is 6.61 Å². The van der Waals surface area contributed by atoms with E-state index in [4.69, 9.17) is 4.74 Å². The van der Waals surface area contributed by atoms with Crippen molar-refractivity contribution in [2.24, 2.45) is 0 Å². The van der Waals surface area contributed by atoms with Crippen LogP contribution in [0, 0.1) is 17.4 Å². The Labute approximate surface area is 143 Å². The third-order valence-electron chi connectivity index (χ3n) is 3.60. The van der Waals surface area contributed by atoms with Crippen LogP contribution < -0.4 is 0 Å². The first kappa shape index (κ1) is 16.7. The number of hydrogen-bond acceptors (Lipinski definition) is 3. The number of ketones is 1. The van der Waals surface area contributed by atoms with Gasteiger partial charge in [0.05, 0.1) is 5.56 Å². The summed E-state index contributed by atoms with van der Waals surface area (Å²) in [4.78, 5) is 24.2. The highest BCUT2D eigenvalue weighted by Crippen LogP contribution is 2.16. The Kier molecular flexibility index (Phi) is 5.39. The van der Waals surface area contributed by atoms with Gasteiger partial charge in [-0.25, -0.2) is 4.79 Å². The van der Waals surface area contributed by atoms with Crippen molar-refractivity contribution >= 4 is 34.3 Å². The molecule has 0 N–H and O–H groups in total. The Morgan fingerprint density at radius 3 is 2.36 bits per heavy atom. The SMILES string of the molecule is CCn1c(C)cc(C(=O)COC(=O)c2ccc(I)cc2)c1C. The van der Waals surface area contributed by atoms with Crippen molar-refractivity contribution in [2.45, 2.75) is 27.3 Å². The van der Waals surface area contributed by atoms with Gasteiger partial charge >= 0.3 is 5.97 Å². The lowest BCUT2D eigenvalue weighted by Gasteiger charge is -2.06. The number of carbonyl (C=O) groups excluding carboxylic acids is 2. The fraction of sp³-hybridized carbons (Fsp3) is 0.294. The minimum absolute atomic E-state index is 0.174. The van der Waals surface area contributed by atoms with Crippen molar-refractivity contribution in [3.63, 3.8) is 0 Å². The first-order valence-electron chi connectivity index (χ1n) is 7.06. The second kappa shape index (κ2) is 7.09. The van der Waals surface area contributed by atoms with E-state index in [1.807, 2.05) is 39.0 Å². The molecule has 0 fully saturated rings. The molecule has 0 bridgehead atoms. The zero-order chi connectivity index (χ0) is 16.3. The molecule has 0 amide bonds. The number of ether oxygens (including phenoxy) is 1. The molecule has 0 radical (unpaired) electrons. The van der Waals surface area contributed by atoms with Crippen molar-refractivity contribution < 1.29 is 14.3 Å². The summed E-state index contributed by atoms with van der Waals surface area (Å²) in [6, 6.07) is 8.89. The van der Waals surface area contributed by atoms with Crippen LogP contribution in [0.4, 0.5) is 0 Å². The molecule has 1 heterocycles. The van der Waals surface area contributed by atoms with Gasteiger partial charge < -0.3 is 9.30 Å². The predicted octanol–water partition coefficient (Wildman–Crippen LogP) is 3.77. The average Bonchev–Trinajstić information content (AvgIpc) is 2.79. The summed E-state index contributed by atoms with van der Waals surface area (Å²) in [6.07, 6.45) is 0. The first-order chi connectivity index (χ1) is 10.4. The molecule has 0 saturated heterocycles. The van der Waals surface area contributed by atoms with Crippen molar-refractivity contribution in [1.29, 1.82) is 0 Å². The van der Waals surface area contributed by atoms with Crippen molar-refractivity contribution in [2.75, 3.05) is 6.61 Å². The Balaban J connectivity index is 2.04. The molecule has 0 unspecified atom stereocenters. The van der Waals surface area contributed by atoms with Crippen molar-refractivity contribution in [1.82, 2.24) is 4.57 Å². The van der Waals surface area contributed by atoms with Crippen LogP contribution in [0.15, 0.2) is 30.3 Å². The zero-order valence-corrected chi connectivity index (χ0v) is 15.0. The summed E-state index contributed by atoms with van der Waals surface area (Å²) in [6.45, 7) is 6.48. The third-order valence-corrected chi connectivity index (χ3v) is 4.32. The number of rotatable bonds is 5. The molecule has 1 aromatic carbocycles. The van der Waals surface area contributed by atoms with Gasteiger partial charge in [-0.05, 0) is 73.7 Å². The Hall–Kier alpha value is -1.63. The quantitative estimate of drug-likeness (QED) is 0.428. The first-order valence-corrected chi connectivity index (χ1v) is 8.14. The molecule has 2 rings (SSSR count). The van der Waals surface area contributed by atoms with Crippen molar-refractivity contribution in [3.8, 4) is 0 Å². The molecule has 0 aliphatic rings. The number of esters is 1. The van der Waals surface area contributed by atoms with E-state index in [2.05, 4.69) is 27.2 Å². The monoisotopic (exact) mass is 411 g/mol. The lowest BCUT2D eigenvalue weighted by Crippen LogP contribution is -2.15. The molecule has 0 saturated carbocycles. The van der Waals surface area contributed by atoms with Gasteiger partial charge in [0.1, 0.15) is 0 Å². The van der Waals surface area contributed by atoms with E-state index in [0.717, 1.165) is 21.5 Å². The van der Waals surface area contributed by atoms with Crippen LogP contribution >= 0.6 is 22.6 Å². The van der Waals surface area contributed by atoms with E-state index in [1.54, 1.807) is 12.1 Å². The van der Waals surface area contributed by atoms with Crippen LogP contribution in [0.5, 0.6) is 0 Å². The van der Waals surface area contributed by atoms with Crippen LogP contribution in [0.3, 0.4) is 0 Å². The van der Waals surface area contributed by atoms with Crippen molar-refractivity contribution in [3.05, 3.63) is 56.4 Å². The van der Waals surface area contributed by atoms with Gasteiger partial charge in [0, 0.05) is 27.1 Å². The standard InChI is InChI=1S/C17H18INO3/c1-4-19-11(2)9-15(12(19)3)16(20)10-22-17(21)13-5-7-14(18)8-6-13/h5-9H,4,10H2,1-3H3. The third kappa shape index (κ3) is 3.58. The summed E-state index contributed by atoms with van der Waals surface area (Å²) in [5, 5.41) is 0. The molecule has 0 aliphatic heterocycles. The zero-order valence-electron chi connectivity index (χ0n) is 12.9. The van der Waals surface area contributed by atoms with Crippen LogP contribution in [0.2, 0.25) is 0 Å². The van der Waals surface area contributed by atoms with Gasteiger partial charge in [0.2, 0.25) is 5.78 Å². The summed E-state index contributed by atoms with van der Waals surface area (Å²) in [5.41, 5.74) is 3.02. The summed E-state index contributed by atoms with van der Waals surface area (Å²) < 4.78 is 8.22. The van der Waals surface area contributed by atoms with E-state index in [-0.39, 0.29) is 12.4 Å². The van der Waals surface area contributed by atoms with Crippen LogP contribution in [0.1, 0.15) is 39.0 Å². The lowest BCUT2D eigenvalue weighted by atomic mass is 10.1. The highest BCUT2D eigenvalue weighted by molar-refractivity contribution is 14.1. The van der Waals surface area contributed by atoms with E-state index >= 15 is 0 Å². The van der Waals surface area contributed by atoms with E-state index in [0.29, 0.717) is 11.1 Å². The number of aromatic nitrogens is 1. The smallest absolute Gasteiger partial charge is 0.338 e. The molecule has 0 aliphatic carbocycles. The van der Waals surface area contributed by atoms with Crippen LogP contribution in [-0.4, -0.2) is 22.9 Å². The molecule has 1 aromatic heterocycles. The number of hydrogen-bond donors (Lipinski definition) is 0. The van der Waals surface area contributed by atoms with Gasteiger partial charge in [-0.15, -0.1) is 0 Å². The van der Waals surface area contributed by atoms with Crippen LogP contribution in [-0.2, 0) is 11.3 Å². The molecule has 2 aromatic rings. The number of carbonyl (C=O) groups is 2. The van der Waals surface area contributed by atoms with Gasteiger partial charge in [-0.1, -0.05) is 0 Å². The second-order valence-electron chi connectivity index (χ2n) is 5.04. The number of nitrogens with zero attached hydrogens (tertiary/aromatic N) is 1. The highest BCUT2D eigenvalue weighted by atomic mass is 127. The second-order valence-corrected chi connectivity index (χ2v) is 6.28. The number of aryl methyl sites for hydroxylation is 1. The average molecular weight is 411 g/mol. The fourth-order valence-electron chi connectivity index (χ4n) is 2.45. The number of Topliss-reactive ketones (excluding diaryl/α,β-unsaturated/α-hetero) is 1. The Morgan fingerprint density at radius 1 is 1.18 bits per heavy atom. The summed E-state index contributed by atoms with van der Waals surface area (Å²) >= 11 is 2.16. The maximum Gasteiger partial charge on any atom is 0.338 e. The maximum atomic E-state index is 12.2. The summed E-state index contributed by atoms with van der Waals surface area (Å²) in [7, 11) is 0. The highest BCUT2D eigenvalue weighted by Gasteiger charge is 2.17. The molecule has 116 valence electrons. The topological polar surface area (TPSA) is 48.3 Å². The lowest BCUT2D eigenvalue weighted by molar-refractivity contribution is 0.0474. The molecular formula is C17H18INO3. The largest absolute Gasteiger partial charge is 0.454 e. The normalized spacial score (nSPS) is 10.5. The maximum absolute atomic E-state index is 12.2. The van der Waals surface area contributed by atoms with Crippen LogP contribution in [0.25, 0.3) is 0 Å².